The van der Waals surface area contributed by atoms with E-state index in [1.54, 1.807) is 24.0 Å². The lowest BCUT2D eigenvalue weighted by molar-refractivity contribution is -0.132. The lowest BCUT2D eigenvalue weighted by atomic mass is 10.2. The number of hydrogen-bond donors (Lipinski definition) is 2. The smallest absolute Gasteiger partial charge is 0.241 e. The van der Waals surface area contributed by atoms with Crippen molar-refractivity contribution in [2.75, 3.05) is 13.1 Å². The molecular weight excluding hydrogens is 290 g/mol. The molecule has 1 rings (SSSR count). The van der Waals surface area contributed by atoms with E-state index in [1.807, 2.05) is 13.8 Å². The molecule has 6 nitrogen and oxygen atoms in total. The predicted octanol–water partition coefficient (Wildman–Crippen LogP) is 0.681. The van der Waals surface area contributed by atoms with Crippen molar-refractivity contribution in [3.05, 3.63) is 29.8 Å². The average molecular weight is 313 g/mol. The van der Waals surface area contributed by atoms with Crippen molar-refractivity contribution >= 4 is 15.9 Å². The molecule has 0 spiro atoms. The van der Waals surface area contributed by atoms with Crippen LogP contribution >= 0.6 is 0 Å². The molecule has 1 atom stereocenters. The van der Waals surface area contributed by atoms with Crippen LogP contribution in [-0.4, -0.2) is 38.4 Å². The van der Waals surface area contributed by atoms with Crippen LogP contribution in [0.2, 0.25) is 0 Å². The molecule has 0 aliphatic carbocycles. The quantitative estimate of drug-likeness (QED) is 0.774. The number of carbonyl (C=O) groups excluding carboxylic acids is 1. The van der Waals surface area contributed by atoms with Crippen LogP contribution in [0.1, 0.15) is 26.3 Å². The van der Waals surface area contributed by atoms with Gasteiger partial charge in [-0.15, -0.1) is 0 Å². The minimum atomic E-state index is -3.72. The molecule has 0 aliphatic rings. The summed E-state index contributed by atoms with van der Waals surface area (Å²) in [7, 11) is -3.72. The molecule has 0 aromatic heterocycles. The third-order valence-corrected chi connectivity index (χ3v) is 4.80. The highest BCUT2D eigenvalue weighted by Gasteiger charge is 2.24. The summed E-state index contributed by atoms with van der Waals surface area (Å²) >= 11 is 0. The first-order valence-corrected chi connectivity index (χ1v) is 8.44. The summed E-state index contributed by atoms with van der Waals surface area (Å²) in [5.74, 6) is -0.234. The maximum atomic E-state index is 12.2. The van der Waals surface area contributed by atoms with E-state index in [9.17, 15) is 13.2 Å². The molecule has 1 aromatic rings. The lowest BCUT2D eigenvalue weighted by Gasteiger charge is -2.23. The first-order chi connectivity index (χ1) is 9.85. The molecule has 0 aliphatic heterocycles. The summed E-state index contributed by atoms with van der Waals surface area (Å²) in [6.07, 6.45) is 0. The van der Waals surface area contributed by atoms with E-state index in [-0.39, 0.29) is 10.8 Å². The van der Waals surface area contributed by atoms with Gasteiger partial charge in [-0.25, -0.2) is 8.42 Å². The standard InChI is InChI=1S/C14H23N3O3S/c1-4-17(5-2)14(18)11(3)16-21(19,20)13-8-6-12(10-15)7-9-13/h6-9,11,16H,4-5,10,15H2,1-3H3. The summed E-state index contributed by atoms with van der Waals surface area (Å²) in [5, 5.41) is 0. The number of hydrogen-bond acceptors (Lipinski definition) is 4. The summed E-state index contributed by atoms with van der Waals surface area (Å²) in [4.78, 5) is 13.8. The second-order valence-corrected chi connectivity index (χ2v) is 6.42. The van der Waals surface area contributed by atoms with E-state index in [4.69, 9.17) is 5.73 Å². The molecule has 0 radical (unpaired) electrons. The zero-order valence-electron chi connectivity index (χ0n) is 12.7. The van der Waals surface area contributed by atoms with Gasteiger partial charge in [-0.2, -0.15) is 4.72 Å². The molecule has 1 aromatic carbocycles. The Balaban J connectivity index is 2.86. The number of sulfonamides is 1. The number of rotatable bonds is 7. The highest BCUT2D eigenvalue weighted by Crippen LogP contribution is 2.11. The number of nitrogens with two attached hydrogens (primary N) is 1. The minimum Gasteiger partial charge on any atom is -0.342 e. The van der Waals surface area contributed by atoms with Gasteiger partial charge in [0.15, 0.2) is 0 Å². The summed E-state index contributed by atoms with van der Waals surface area (Å²) < 4.78 is 26.9. The van der Waals surface area contributed by atoms with Crippen LogP contribution in [0.4, 0.5) is 0 Å². The van der Waals surface area contributed by atoms with Gasteiger partial charge >= 0.3 is 0 Å². The van der Waals surface area contributed by atoms with E-state index >= 15 is 0 Å². The Morgan fingerprint density at radius 3 is 2.19 bits per heavy atom. The molecule has 3 N–H and O–H groups in total. The van der Waals surface area contributed by atoms with Crippen LogP contribution in [0.15, 0.2) is 29.2 Å². The molecule has 118 valence electrons. The van der Waals surface area contributed by atoms with Crippen molar-refractivity contribution in [3.63, 3.8) is 0 Å². The van der Waals surface area contributed by atoms with Crippen LogP contribution in [-0.2, 0) is 21.4 Å². The summed E-state index contributed by atoms with van der Waals surface area (Å²) in [6, 6.07) is 5.49. The Morgan fingerprint density at radius 2 is 1.76 bits per heavy atom. The monoisotopic (exact) mass is 313 g/mol. The molecule has 0 bridgehead atoms. The lowest BCUT2D eigenvalue weighted by Crippen LogP contribution is -2.46. The number of amides is 1. The molecule has 1 amide bonds. The maximum absolute atomic E-state index is 12.2. The molecule has 1 unspecified atom stereocenters. The fourth-order valence-electron chi connectivity index (χ4n) is 1.97. The number of nitrogens with one attached hydrogen (secondary N) is 1. The van der Waals surface area contributed by atoms with Crippen LogP contribution in [0.5, 0.6) is 0 Å². The van der Waals surface area contributed by atoms with E-state index in [2.05, 4.69) is 4.72 Å². The molecule has 0 saturated heterocycles. The molecule has 0 heterocycles. The number of benzene rings is 1. The Labute approximate surface area is 126 Å². The van der Waals surface area contributed by atoms with Crippen LogP contribution in [0.25, 0.3) is 0 Å². The van der Waals surface area contributed by atoms with Gasteiger partial charge in [0.25, 0.3) is 0 Å². The van der Waals surface area contributed by atoms with Crippen LogP contribution in [0.3, 0.4) is 0 Å². The fraction of sp³-hybridized carbons (Fsp3) is 0.500. The van der Waals surface area contributed by atoms with Crippen molar-refractivity contribution in [1.82, 2.24) is 9.62 Å². The second kappa shape index (κ2) is 7.53. The second-order valence-electron chi connectivity index (χ2n) is 4.70. The molecular formula is C14H23N3O3S. The Morgan fingerprint density at radius 1 is 1.24 bits per heavy atom. The van der Waals surface area contributed by atoms with Crippen molar-refractivity contribution in [3.8, 4) is 0 Å². The van der Waals surface area contributed by atoms with E-state index < -0.39 is 16.1 Å². The molecule has 0 saturated carbocycles. The SMILES string of the molecule is CCN(CC)C(=O)C(C)NS(=O)(=O)c1ccc(CN)cc1. The van der Waals surface area contributed by atoms with Gasteiger partial charge in [0.2, 0.25) is 15.9 Å². The van der Waals surface area contributed by atoms with Gasteiger partial charge in [-0.3, -0.25) is 4.79 Å². The highest BCUT2D eigenvalue weighted by molar-refractivity contribution is 7.89. The molecule has 0 fully saturated rings. The van der Waals surface area contributed by atoms with E-state index in [0.717, 1.165) is 5.56 Å². The average Bonchev–Trinajstić information content (AvgIpc) is 2.48. The Hall–Kier alpha value is -1.44. The topological polar surface area (TPSA) is 92.5 Å². The normalized spacial score (nSPS) is 13.0. The zero-order chi connectivity index (χ0) is 16.0. The van der Waals surface area contributed by atoms with Gasteiger partial charge < -0.3 is 10.6 Å². The first kappa shape index (κ1) is 17.6. The predicted molar refractivity (Wildman–Crippen MR) is 82.0 cm³/mol. The Kier molecular flexibility index (Phi) is 6.32. The van der Waals surface area contributed by atoms with Crippen LogP contribution in [0, 0.1) is 0 Å². The highest BCUT2D eigenvalue weighted by atomic mass is 32.2. The van der Waals surface area contributed by atoms with Crippen molar-refractivity contribution in [1.29, 1.82) is 0 Å². The zero-order valence-corrected chi connectivity index (χ0v) is 13.5. The van der Waals surface area contributed by atoms with Crippen LogP contribution < -0.4 is 10.5 Å². The van der Waals surface area contributed by atoms with Gasteiger partial charge in [0, 0.05) is 19.6 Å². The van der Waals surface area contributed by atoms with Crippen molar-refractivity contribution < 1.29 is 13.2 Å². The maximum Gasteiger partial charge on any atom is 0.241 e. The molecule has 21 heavy (non-hydrogen) atoms. The molecule has 7 heteroatoms. The summed E-state index contributed by atoms with van der Waals surface area (Å²) in [5.41, 5.74) is 6.33. The van der Waals surface area contributed by atoms with Gasteiger partial charge in [-0.1, -0.05) is 12.1 Å². The van der Waals surface area contributed by atoms with E-state index in [0.29, 0.717) is 19.6 Å². The van der Waals surface area contributed by atoms with Crippen molar-refractivity contribution in [2.24, 2.45) is 5.73 Å². The third kappa shape index (κ3) is 4.52. The first-order valence-electron chi connectivity index (χ1n) is 6.95. The van der Waals surface area contributed by atoms with Crippen molar-refractivity contribution in [2.45, 2.75) is 38.3 Å². The van der Waals surface area contributed by atoms with E-state index in [1.165, 1.54) is 12.1 Å². The third-order valence-electron chi connectivity index (χ3n) is 3.25. The van der Waals surface area contributed by atoms with Gasteiger partial charge in [-0.05, 0) is 38.5 Å². The largest absolute Gasteiger partial charge is 0.342 e. The van der Waals surface area contributed by atoms with Gasteiger partial charge in [0.05, 0.1) is 10.9 Å². The number of carbonyl (C=O) groups is 1. The number of nitrogens with zero attached hydrogens (tertiary/aromatic N) is 1. The Bertz CT molecular complexity index is 566. The number of likely N-dealkylation sites (N-methyl/N-ethyl adjacent to an activating group) is 1. The minimum absolute atomic E-state index is 0.124. The fourth-order valence-corrected chi connectivity index (χ4v) is 3.16. The summed E-state index contributed by atoms with van der Waals surface area (Å²) in [6.45, 7) is 6.71. The van der Waals surface area contributed by atoms with Gasteiger partial charge in [0.1, 0.15) is 0 Å².